The zero-order valence-corrected chi connectivity index (χ0v) is 14.3. The van der Waals surface area contributed by atoms with Crippen LogP contribution in [0, 0.1) is 11.3 Å². The number of hydrogen-bond donors (Lipinski definition) is 1. The summed E-state index contributed by atoms with van der Waals surface area (Å²) >= 11 is 0. The number of rotatable bonds is 5. The van der Waals surface area contributed by atoms with Crippen molar-refractivity contribution in [3.05, 3.63) is 59.7 Å². The number of para-hydroxylation sites is 1. The molecular formula is C19H19N3O3. The molecule has 0 spiro atoms. The lowest BCUT2D eigenvalue weighted by atomic mass is 10.2. The summed E-state index contributed by atoms with van der Waals surface area (Å²) in [4.78, 5) is 26.2. The number of nitriles is 1. The summed E-state index contributed by atoms with van der Waals surface area (Å²) in [6, 6.07) is 15.5. The van der Waals surface area contributed by atoms with Crippen LogP contribution in [0.1, 0.15) is 22.8 Å². The number of nitrogens with one attached hydrogen (secondary N) is 1. The molecule has 0 saturated carbocycles. The molecule has 1 atom stereocenters. The molecule has 0 heterocycles. The van der Waals surface area contributed by atoms with Crippen LogP contribution in [0.5, 0.6) is 0 Å². The Balaban J connectivity index is 2.00. The van der Waals surface area contributed by atoms with Crippen molar-refractivity contribution >= 4 is 23.3 Å². The summed E-state index contributed by atoms with van der Waals surface area (Å²) in [5, 5.41) is 11.6. The number of carbonyl (C=O) groups excluding carboxylic acids is 2. The summed E-state index contributed by atoms with van der Waals surface area (Å²) < 4.78 is 5.20. The Morgan fingerprint density at radius 3 is 2.36 bits per heavy atom. The quantitative estimate of drug-likeness (QED) is 0.848. The number of anilines is 2. The van der Waals surface area contributed by atoms with Gasteiger partial charge in [-0.25, -0.2) is 4.79 Å². The lowest BCUT2D eigenvalue weighted by Crippen LogP contribution is -2.30. The van der Waals surface area contributed by atoms with Gasteiger partial charge in [-0.2, -0.15) is 5.26 Å². The van der Waals surface area contributed by atoms with Gasteiger partial charge in [-0.05, 0) is 43.3 Å². The molecule has 0 aliphatic rings. The van der Waals surface area contributed by atoms with E-state index in [9.17, 15) is 9.59 Å². The van der Waals surface area contributed by atoms with Crippen molar-refractivity contribution in [3.8, 4) is 6.07 Å². The summed E-state index contributed by atoms with van der Waals surface area (Å²) in [7, 11) is 3.80. The van der Waals surface area contributed by atoms with Gasteiger partial charge in [0, 0.05) is 19.8 Å². The van der Waals surface area contributed by atoms with Crippen LogP contribution in [0.2, 0.25) is 0 Å². The Morgan fingerprint density at radius 2 is 1.76 bits per heavy atom. The fraction of sp³-hybridized carbons (Fsp3) is 0.211. The molecule has 6 nitrogen and oxygen atoms in total. The second-order valence-electron chi connectivity index (χ2n) is 5.64. The summed E-state index contributed by atoms with van der Waals surface area (Å²) in [5.74, 6) is -1.08. The third kappa shape index (κ3) is 4.58. The van der Waals surface area contributed by atoms with E-state index < -0.39 is 18.0 Å². The molecule has 0 radical (unpaired) electrons. The molecule has 6 heteroatoms. The second kappa shape index (κ2) is 7.97. The minimum atomic E-state index is -0.993. The largest absolute Gasteiger partial charge is 0.449 e. The standard InChI is InChI=1S/C19H19N3O3/c1-13(18(23)21-17-7-5-4-6-15(17)12-20)25-19(24)14-8-10-16(11-9-14)22(2)3/h4-11,13H,1-3H3,(H,21,23)/t13-/m1/s1. The lowest BCUT2D eigenvalue weighted by molar-refractivity contribution is -0.123. The molecule has 25 heavy (non-hydrogen) atoms. The lowest BCUT2D eigenvalue weighted by Gasteiger charge is -2.15. The molecule has 0 fully saturated rings. The van der Waals surface area contributed by atoms with Crippen LogP contribution in [0.15, 0.2) is 48.5 Å². The molecule has 2 aromatic rings. The van der Waals surface area contributed by atoms with E-state index in [2.05, 4.69) is 5.32 Å². The Morgan fingerprint density at radius 1 is 1.12 bits per heavy atom. The molecule has 2 aromatic carbocycles. The van der Waals surface area contributed by atoms with E-state index in [1.807, 2.05) is 25.1 Å². The summed E-state index contributed by atoms with van der Waals surface area (Å²) in [5.41, 5.74) is 2.04. The monoisotopic (exact) mass is 337 g/mol. The van der Waals surface area contributed by atoms with Crippen molar-refractivity contribution < 1.29 is 14.3 Å². The van der Waals surface area contributed by atoms with Gasteiger partial charge in [0.1, 0.15) is 6.07 Å². The van der Waals surface area contributed by atoms with Crippen molar-refractivity contribution in [1.82, 2.24) is 0 Å². The van der Waals surface area contributed by atoms with Gasteiger partial charge in [0.15, 0.2) is 6.10 Å². The second-order valence-corrected chi connectivity index (χ2v) is 5.64. The average molecular weight is 337 g/mol. The third-order valence-corrected chi connectivity index (χ3v) is 3.58. The van der Waals surface area contributed by atoms with Crippen LogP contribution in [-0.4, -0.2) is 32.1 Å². The van der Waals surface area contributed by atoms with Crippen LogP contribution in [0.4, 0.5) is 11.4 Å². The first kappa shape index (κ1) is 18.0. The van der Waals surface area contributed by atoms with Gasteiger partial charge < -0.3 is 15.0 Å². The van der Waals surface area contributed by atoms with Crippen molar-refractivity contribution in [2.24, 2.45) is 0 Å². The van der Waals surface area contributed by atoms with Crippen LogP contribution in [0.25, 0.3) is 0 Å². The van der Waals surface area contributed by atoms with Gasteiger partial charge in [0.25, 0.3) is 5.91 Å². The summed E-state index contributed by atoms with van der Waals surface area (Å²) in [6.07, 6.45) is -0.993. The maximum Gasteiger partial charge on any atom is 0.338 e. The fourth-order valence-electron chi connectivity index (χ4n) is 2.10. The highest BCUT2D eigenvalue weighted by Crippen LogP contribution is 2.16. The Labute approximate surface area is 146 Å². The van der Waals surface area contributed by atoms with Crippen molar-refractivity contribution in [2.45, 2.75) is 13.0 Å². The van der Waals surface area contributed by atoms with E-state index in [0.29, 0.717) is 16.8 Å². The van der Waals surface area contributed by atoms with Crippen LogP contribution >= 0.6 is 0 Å². The summed E-state index contributed by atoms with van der Waals surface area (Å²) in [6.45, 7) is 1.48. The zero-order chi connectivity index (χ0) is 18.4. The van der Waals surface area contributed by atoms with Crippen molar-refractivity contribution in [2.75, 3.05) is 24.3 Å². The molecule has 0 aliphatic heterocycles. The SMILES string of the molecule is C[C@@H](OC(=O)c1ccc(N(C)C)cc1)C(=O)Nc1ccccc1C#N. The molecular weight excluding hydrogens is 318 g/mol. The first-order valence-corrected chi connectivity index (χ1v) is 7.70. The molecule has 0 saturated heterocycles. The Kier molecular flexibility index (Phi) is 5.75. The highest BCUT2D eigenvalue weighted by molar-refractivity contribution is 5.98. The van der Waals surface area contributed by atoms with Crippen molar-refractivity contribution in [3.63, 3.8) is 0 Å². The maximum absolute atomic E-state index is 12.2. The molecule has 1 N–H and O–H groups in total. The smallest absolute Gasteiger partial charge is 0.338 e. The molecule has 0 aliphatic carbocycles. The van der Waals surface area contributed by atoms with E-state index >= 15 is 0 Å². The zero-order valence-electron chi connectivity index (χ0n) is 14.3. The number of benzene rings is 2. The van der Waals surface area contributed by atoms with Gasteiger partial charge in [-0.3, -0.25) is 4.79 Å². The number of amides is 1. The number of hydrogen-bond acceptors (Lipinski definition) is 5. The predicted octanol–water partition coefficient (Wildman–Crippen LogP) is 2.81. The molecule has 0 unspecified atom stereocenters. The van der Waals surface area contributed by atoms with E-state index in [-0.39, 0.29) is 0 Å². The van der Waals surface area contributed by atoms with Gasteiger partial charge in [0.05, 0.1) is 16.8 Å². The van der Waals surface area contributed by atoms with Crippen LogP contribution in [-0.2, 0) is 9.53 Å². The molecule has 0 aromatic heterocycles. The van der Waals surface area contributed by atoms with Crippen LogP contribution in [0.3, 0.4) is 0 Å². The van der Waals surface area contributed by atoms with E-state index in [4.69, 9.17) is 10.00 Å². The number of ether oxygens (including phenoxy) is 1. The molecule has 2 rings (SSSR count). The average Bonchev–Trinajstić information content (AvgIpc) is 2.62. The minimum absolute atomic E-state index is 0.341. The van der Waals surface area contributed by atoms with Gasteiger partial charge >= 0.3 is 5.97 Å². The van der Waals surface area contributed by atoms with E-state index in [0.717, 1.165) is 5.69 Å². The highest BCUT2D eigenvalue weighted by Gasteiger charge is 2.20. The van der Waals surface area contributed by atoms with Crippen LogP contribution < -0.4 is 10.2 Å². The molecule has 1 amide bonds. The maximum atomic E-state index is 12.2. The first-order valence-electron chi connectivity index (χ1n) is 7.70. The first-order chi connectivity index (χ1) is 11.9. The number of carbonyl (C=O) groups is 2. The van der Waals surface area contributed by atoms with E-state index in [1.54, 1.807) is 48.5 Å². The normalized spacial score (nSPS) is 11.1. The Bertz CT molecular complexity index is 807. The molecule has 128 valence electrons. The topological polar surface area (TPSA) is 82.4 Å². The minimum Gasteiger partial charge on any atom is -0.449 e. The molecule has 0 bridgehead atoms. The Hall–Kier alpha value is -3.33. The third-order valence-electron chi connectivity index (χ3n) is 3.58. The van der Waals surface area contributed by atoms with E-state index in [1.165, 1.54) is 6.92 Å². The number of nitrogens with zero attached hydrogens (tertiary/aromatic N) is 2. The van der Waals surface area contributed by atoms with Gasteiger partial charge in [-0.15, -0.1) is 0 Å². The highest BCUT2D eigenvalue weighted by atomic mass is 16.5. The number of esters is 1. The van der Waals surface area contributed by atoms with Crippen molar-refractivity contribution in [1.29, 1.82) is 5.26 Å². The van der Waals surface area contributed by atoms with Gasteiger partial charge in [0.2, 0.25) is 0 Å². The predicted molar refractivity (Wildman–Crippen MR) is 95.4 cm³/mol. The van der Waals surface area contributed by atoms with Gasteiger partial charge in [-0.1, -0.05) is 12.1 Å². The fourth-order valence-corrected chi connectivity index (χ4v) is 2.10.